The van der Waals surface area contributed by atoms with Gasteiger partial charge in [0.2, 0.25) is 0 Å². The number of Topliss-reactive ketones (excluding diaryl/α,β-unsaturated/α-hetero) is 5. The third-order valence-corrected chi connectivity index (χ3v) is 7.07. The Labute approximate surface area is 244 Å². The largest absolute Gasteiger partial charge is 0.298 e. The Balaban J connectivity index is 5.89. The Kier molecular flexibility index (Phi) is 14.8. The van der Waals surface area contributed by atoms with E-state index in [9.17, 15) is 24.0 Å². The summed E-state index contributed by atoms with van der Waals surface area (Å²) in [6, 6.07) is 0. The first-order chi connectivity index (χ1) is 17.9. The maximum Gasteiger partial charge on any atom is 0.152 e. The third kappa shape index (κ3) is 15.3. The van der Waals surface area contributed by atoms with Crippen LogP contribution in [0.3, 0.4) is 0 Å². The van der Waals surface area contributed by atoms with Crippen molar-refractivity contribution >= 4 is 28.9 Å². The summed E-state index contributed by atoms with van der Waals surface area (Å²) in [5.74, 6) is 0.304. The van der Waals surface area contributed by atoms with E-state index in [-0.39, 0.29) is 61.6 Å². The molecular weight excluding hydrogens is 506 g/mol. The van der Waals surface area contributed by atoms with Crippen molar-refractivity contribution in [1.82, 2.24) is 14.7 Å². The molecule has 0 aromatic heterocycles. The molecule has 0 spiro atoms. The Hall–Kier alpha value is -1.77. The van der Waals surface area contributed by atoms with E-state index in [0.717, 1.165) is 0 Å². The lowest BCUT2D eigenvalue weighted by Crippen LogP contribution is -2.48. The highest BCUT2D eigenvalue weighted by atomic mass is 16.1. The van der Waals surface area contributed by atoms with Crippen LogP contribution in [-0.2, 0) is 24.0 Å². The molecule has 0 saturated carbocycles. The highest BCUT2D eigenvalue weighted by molar-refractivity contribution is 5.88. The molecule has 0 atom stereocenters. The minimum absolute atomic E-state index is 0.0523. The lowest BCUT2D eigenvalue weighted by Gasteiger charge is -2.32. The van der Waals surface area contributed by atoms with Crippen LogP contribution in [0.4, 0.5) is 0 Å². The van der Waals surface area contributed by atoms with E-state index in [1.807, 2.05) is 105 Å². The van der Waals surface area contributed by atoms with E-state index >= 15 is 0 Å². The van der Waals surface area contributed by atoms with Crippen LogP contribution in [0.1, 0.15) is 96.4 Å². The Morgan fingerprint density at radius 2 is 0.625 bits per heavy atom. The highest BCUT2D eigenvalue weighted by Crippen LogP contribution is 2.19. The van der Waals surface area contributed by atoms with Crippen LogP contribution in [0.2, 0.25) is 0 Å². The summed E-state index contributed by atoms with van der Waals surface area (Å²) in [5.41, 5.74) is -2.11. The number of hydrogen-bond donors (Lipinski definition) is 0. The SMILES string of the molecule is CCC(=O)CN(CCN(CCN(CC(=O)C(C)(C)C)CC(=O)C(C)(C)C)CC(=O)C(C)(C)C)CC(=O)C(C)(C)C. The molecule has 0 aromatic rings. The average molecular weight is 566 g/mol. The summed E-state index contributed by atoms with van der Waals surface area (Å²) < 4.78 is 0. The zero-order chi connectivity index (χ0) is 31.7. The molecule has 8 heteroatoms. The van der Waals surface area contributed by atoms with Gasteiger partial charge in [-0.05, 0) is 0 Å². The van der Waals surface area contributed by atoms with E-state index in [1.165, 1.54) is 0 Å². The summed E-state index contributed by atoms with van der Waals surface area (Å²) in [6.45, 7) is 27.0. The summed E-state index contributed by atoms with van der Waals surface area (Å²) in [7, 11) is 0. The van der Waals surface area contributed by atoms with Gasteiger partial charge in [-0.3, -0.25) is 38.7 Å². The van der Waals surface area contributed by atoms with Crippen LogP contribution < -0.4 is 0 Å². The Bertz CT molecular complexity index is 854. The first-order valence-electron chi connectivity index (χ1n) is 14.7. The van der Waals surface area contributed by atoms with Gasteiger partial charge in [-0.1, -0.05) is 90.0 Å². The Morgan fingerprint density at radius 3 is 0.875 bits per heavy atom. The molecule has 0 saturated heterocycles. The van der Waals surface area contributed by atoms with Gasteiger partial charge in [0.25, 0.3) is 0 Å². The molecule has 232 valence electrons. The van der Waals surface area contributed by atoms with Crippen molar-refractivity contribution in [3.8, 4) is 0 Å². The molecule has 0 heterocycles. The maximum absolute atomic E-state index is 13.0. The molecular formula is C32H59N3O5. The van der Waals surface area contributed by atoms with Gasteiger partial charge in [0.1, 0.15) is 5.78 Å². The first-order valence-corrected chi connectivity index (χ1v) is 14.7. The molecule has 0 aromatic carbocycles. The molecule has 0 aliphatic rings. The van der Waals surface area contributed by atoms with Crippen molar-refractivity contribution in [2.75, 3.05) is 58.9 Å². The minimum Gasteiger partial charge on any atom is -0.298 e. The molecule has 0 radical (unpaired) electrons. The lowest BCUT2D eigenvalue weighted by molar-refractivity contribution is -0.131. The molecule has 0 aliphatic heterocycles. The number of carbonyl (C=O) groups is 5. The van der Waals surface area contributed by atoms with Gasteiger partial charge in [0.15, 0.2) is 23.1 Å². The lowest BCUT2D eigenvalue weighted by atomic mass is 9.89. The second kappa shape index (κ2) is 15.5. The zero-order valence-electron chi connectivity index (χ0n) is 28.0. The predicted molar refractivity (Wildman–Crippen MR) is 162 cm³/mol. The average Bonchev–Trinajstić information content (AvgIpc) is 2.77. The molecule has 0 N–H and O–H groups in total. The summed E-state index contributed by atoms with van der Waals surface area (Å²) in [5, 5.41) is 0. The van der Waals surface area contributed by atoms with Gasteiger partial charge in [-0.15, -0.1) is 0 Å². The number of rotatable bonds is 17. The zero-order valence-corrected chi connectivity index (χ0v) is 28.0. The second-order valence-corrected chi connectivity index (χ2v) is 15.3. The molecule has 0 fully saturated rings. The normalized spacial score (nSPS) is 13.3. The van der Waals surface area contributed by atoms with Gasteiger partial charge in [0, 0.05) is 54.3 Å². The van der Waals surface area contributed by atoms with Crippen LogP contribution in [-0.4, -0.2) is 103 Å². The molecule has 0 unspecified atom stereocenters. The van der Waals surface area contributed by atoms with Crippen molar-refractivity contribution in [1.29, 1.82) is 0 Å². The second-order valence-electron chi connectivity index (χ2n) is 15.3. The third-order valence-electron chi connectivity index (χ3n) is 7.07. The van der Waals surface area contributed by atoms with E-state index in [0.29, 0.717) is 32.6 Å². The number of hydrogen-bond acceptors (Lipinski definition) is 8. The monoisotopic (exact) mass is 565 g/mol. The van der Waals surface area contributed by atoms with E-state index in [2.05, 4.69) is 0 Å². The van der Waals surface area contributed by atoms with Crippen molar-refractivity contribution in [3.63, 3.8) is 0 Å². The van der Waals surface area contributed by atoms with Gasteiger partial charge >= 0.3 is 0 Å². The molecule has 0 amide bonds. The van der Waals surface area contributed by atoms with Crippen LogP contribution in [0.5, 0.6) is 0 Å². The van der Waals surface area contributed by atoms with Crippen LogP contribution in [0.25, 0.3) is 0 Å². The van der Waals surface area contributed by atoms with Crippen LogP contribution >= 0.6 is 0 Å². The molecule has 8 nitrogen and oxygen atoms in total. The predicted octanol–water partition coefficient (Wildman–Crippen LogP) is 4.33. The van der Waals surface area contributed by atoms with E-state index in [4.69, 9.17) is 0 Å². The van der Waals surface area contributed by atoms with E-state index < -0.39 is 21.7 Å². The highest BCUT2D eigenvalue weighted by Gasteiger charge is 2.30. The molecule has 40 heavy (non-hydrogen) atoms. The fourth-order valence-electron chi connectivity index (χ4n) is 3.39. The van der Waals surface area contributed by atoms with E-state index in [1.54, 1.807) is 0 Å². The molecule has 0 aliphatic carbocycles. The van der Waals surface area contributed by atoms with Crippen molar-refractivity contribution < 1.29 is 24.0 Å². The smallest absolute Gasteiger partial charge is 0.152 e. The summed E-state index contributed by atoms with van der Waals surface area (Å²) in [6.07, 6.45) is 0.394. The standard InChI is InChI=1S/C32H59N3O5/c1-14-24(36)19-34(21-26(38)30(5,6)7)17-15-33(20-25(37)29(2,3)4)16-18-35(22-27(39)31(8,9)10)23-28(40)32(11,12)13/h14-23H2,1-13H3. The number of carbonyl (C=O) groups excluding carboxylic acids is 5. The topological polar surface area (TPSA) is 95.1 Å². The Morgan fingerprint density at radius 1 is 0.400 bits per heavy atom. The van der Waals surface area contributed by atoms with Gasteiger partial charge in [0.05, 0.1) is 32.7 Å². The van der Waals surface area contributed by atoms with Crippen molar-refractivity contribution in [3.05, 3.63) is 0 Å². The van der Waals surface area contributed by atoms with Crippen molar-refractivity contribution in [2.24, 2.45) is 21.7 Å². The van der Waals surface area contributed by atoms with Gasteiger partial charge in [-0.2, -0.15) is 0 Å². The van der Waals surface area contributed by atoms with Crippen LogP contribution in [0.15, 0.2) is 0 Å². The van der Waals surface area contributed by atoms with Gasteiger partial charge < -0.3 is 0 Å². The summed E-state index contributed by atoms with van der Waals surface area (Å²) >= 11 is 0. The minimum atomic E-state index is -0.531. The van der Waals surface area contributed by atoms with Crippen molar-refractivity contribution in [2.45, 2.75) is 96.4 Å². The van der Waals surface area contributed by atoms with Crippen LogP contribution in [0, 0.1) is 21.7 Å². The summed E-state index contributed by atoms with van der Waals surface area (Å²) in [4.78, 5) is 69.7. The molecule has 0 rings (SSSR count). The maximum atomic E-state index is 13.0. The number of nitrogens with zero attached hydrogens (tertiary/aromatic N) is 3. The fourth-order valence-corrected chi connectivity index (χ4v) is 3.39. The number of ketones is 5. The first kappa shape index (κ1) is 38.2. The van der Waals surface area contributed by atoms with Gasteiger partial charge in [-0.25, -0.2) is 0 Å². The fraction of sp³-hybridized carbons (Fsp3) is 0.844. The quantitative estimate of drug-likeness (QED) is 0.257. The molecule has 0 bridgehead atoms.